The van der Waals surface area contributed by atoms with Crippen molar-refractivity contribution < 1.29 is 14.4 Å². The summed E-state index contributed by atoms with van der Waals surface area (Å²) >= 11 is 0. The molecule has 2 aromatic rings. The molecule has 0 radical (unpaired) electrons. The molecule has 0 unspecified atom stereocenters. The Balaban J connectivity index is 2.13. The SMILES string of the molecule is CCCc1cc(=O)oc2c(C)c(O)c(C[NH+]3CCCC3)cc12. The Bertz CT molecular complexity index is 742. The summed E-state index contributed by atoms with van der Waals surface area (Å²) in [5, 5.41) is 11.5. The number of nitrogens with one attached hydrogen (secondary N) is 1. The van der Waals surface area contributed by atoms with Crippen molar-refractivity contribution in [2.75, 3.05) is 13.1 Å². The second-order valence-corrected chi connectivity index (χ2v) is 6.36. The molecule has 4 nitrogen and oxygen atoms in total. The molecule has 1 aromatic heterocycles. The second-order valence-electron chi connectivity index (χ2n) is 6.36. The van der Waals surface area contributed by atoms with Crippen molar-refractivity contribution in [2.45, 2.75) is 46.1 Å². The van der Waals surface area contributed by atoms with E-state index >= 15 is 0 Å². The van der Waals surface area contributed by atoms with Crippen LogP contribution < -0.4 is 10.5 Å². The topological polar surface area (TPSA) is 54.9 Å². The molecule has 1 fully saturated rings. The molecule has 1 aliphatic heterocycles. The minimum Gasteiger partial charge on any atom is -0.507 e. The number of quaternary nitrogens is 1. The van der Waals surface area contributed by atoms with Gasteiger partial charge in [0.2, 0.25) is 0 Å². The molecule has 0 bridgehead atoms. The number of hydrogen-bond acceptors (Lipinski definition) is 3. The van der Waals surface area contributed by atoms with E-state index in [1.165, 1.54) is 30.8 Å². The first-order chi connectivity index (χ1) is 10.6. The molecule has 1 aromatic carbocycles. The normalized spacial score (nSPS) is 15.7. The van der Waals surface area contributed by atoms with Gasteiger partial charge in [-0.3, -0.25) is 0 Å². The van der Waals surface area contributed by atoms with Crippen LogP contribution in [-0.2, 0) is 13.0 Å². The van der Waals surface area contributed by atoms with E-state index in [9.17, 15) is 9.90 Å². The standard InChI is InChI=1S/C18H23NO3/c1-3-6-13-10-16(20)22-18-12(2)17(21)14(9-15(13)18)11-19-7-4-5-8-19/h9-10,21H,3-8,11H2,1-2H3/p+1. The maximum atomic E-state index is 11.8. The molecule has 22 heavy (non-hydrogen) atoms. The summed E-state index contributed by atoms with van der Waals surface area (Å²) in [4.78, 5) is 13.3. The number of aromatic hydroxyl groups is 1. The second kappa shape index (κ2) is 6.13. The predicted octanol–water partition coefficient (Wildman–Crippen LogP) is 1.94. The quantitative estimate of drug-likeness (QED) is 0.849. The third kappa shape index (κ3) is 2.75. The summed E-state index contributed by atoms with van der Waals surface area (Å²) < 4.78 is 5.36. The average Bonchev–Trinajstić information content (AvgIpc) is 2.99. The van der Waals surface area contributed by atoms with Crippen LogP contribution in [0.15, 0.2) is 21.3 Å². The van der Waals surface area contributed by atoms with Crippen LogP contribution in [0.5, 0.6) is 5.75 Å². The molecule has 0 aliphatic carbocycles. The van der Waals surface area contributed by atoms with Gasteiger partial charge >= 0.3 is 5.63 Å². The minimum absolute atomic E-state index is 0.281. The lowest BCUT2D eigenvalue weighted by Gasteiger charge is -2.16. The van der Waals surface area contributed by atoms with E-state index in [0.717, 1.165) is 35.9 Å². The highest BCUT2D eigenvalue weighted by Gasteiger charge is 2.21. The number of benzene rings is 1. The Labute approximate surface area is 130 Å². The Morgan fingerprint density at radius 2 is 1.95 bits per heavy atom. The molecule has 1 saturated heterocycles. The van der Waals surface area contributed by atoms with Gasteiger partial charge in [-0.05, 0) is 25.0 Å². The zero-order valence-electron chi connectivity index (χ0n) is 13.4. The maximum absolute atomic E-state index is 11.8. The molecule has 0 saturated carbocycles. The summed E-state index contributed by atoms with van der Waals surface area (Å²) in [6.45, 7) is 7.11. The van der Waals surface area contributed by atoms with Crippen molar-refractivity contribution in [1.82, 2.24) is 0 Å². The third-order valence-electron chi connectivity index (χ3n) is 4.67. The molecule has 0 atom stereocenters. The fourth-order valence-corrected chi connectivity index (χ4v) is 3.51. The highest BCUT2D eigenvalue weighted by Crippen LogP contribution is 2.31. The zero-order valence-corrected chi connectivity index (χ0v) is 13.4. The molecule has 118 valence electrons. The Morgan fingerprint density at radius 3 is 2.64 bits per heavy atom. The largest absolute Gasteiger partial charge is 0.507 e. The fraction of sp³-hybridized carbons (Fsp3) is 0.500. The van der Waals surface area contributed by atoms with E-state index in [4.69, 9.17) is 4.42 Å². The van der Waals surface area contributed by atoms with Crippen molar-refractivity contribution in [1.29, 1.82) is 0 Å². The van der Waals surface area contributed by atoms with Crippen molar-refractivity contribution in [3.8, 4) is 5.75 Å². The van der Waals surface area contributed by atoms with Crippen LogP contribution in [0.1, 0.15) is 42.9 Å². The summed E-state index contributed by atoms with van der Waals surface area (Å²) in [5.41, 5.74) is 2.87. The summed E-state index contributed by atoms with van der Waals surface area (Å²) in [6.07, 6.45) is 4.35. The summed E-state index contributed by atoms with van der Waals surface area (Å²) in [7, 11) is 0. The Kier molecular flexibility index (Phi) is 4.21. The van der Waals surface area contributed by atoms with Gasteiger partial charge in [-0.1, -0.05) is 13.3 Å². The van der Waals surface area contributed by atoms with Crippen LogP contribution in [-0.4, -0.2) is 18.2 Å². The van der Waals surface area contributed by atoms with Crippen LogP contribution in [0.4, 0.5) is 0 Å². The molecule has 0 amide bonds. The Morgan fingerprint density at radius 1 is 1.23 bits per heavy atom. The highest BCUT2D eigenvalue weighted by molar-refractivity contribution is 5.86. The number of phenolic OH excluding ortho intramolecular Hbond substituents is 1. The van der Waals surface area contributed by atoms with Crippen molar-refractivity contribution in [3.05, 3.63) is 39.2 Å². The first-order valence-electron chi connectivity index (χ1n) is 8.22. The minimum atomic E-state index is -0.337. The molecule has 2 N–H and O–H groups in total. The molecular weight excluding hydrogens is 278 g/mol. The van der Waals surface area contributed by atoms with Gasteiger partial charge in [0.25, 0.3) is 0 Å². The van der Waals surface area contributed by atoms with Gasteiger partial charge in [-0.15, -0.1) is 0 Å². The molecule has 2 heterocycles. The van der Waals surface area contributed by atoms with Gasteiger partial charge < -0.3 is 14.4 Å². The van der Waals surface area contributed by atoms with Gasteiger partial charge in [0.15, 0.2) is 0 Å². The third-order valence-corrected chi connectivity index (χ3v) is 4.67. The van der Waals surface area contributed by atoms with Gasteiger partial charge in [0.1, 0.15) is 17.9 Å². The molecular formula is C18H24NO3+. The fourth-order valence-electron chi connectivity index (χ4n) is 3.51. The average molecular weight is 302 g/mol. The van der Waals surface area contributed by atoms with Crippen molar-refractivity contribution >= 4 is 11.0 Å². The lowest BCUT2D eigenvalue weighted by molar-refractivity contribution is -0.901. The van der Waals surface area contributed by atoms with Crippen LogP contribution in [0.3, 0.4) is 0 Å². The first-order valence-corrected chi connectivity index (χ1v) is 8.22. The predicted molar refractivity (Wildman–Crippen MR) is 86.5 cm³/mol. The van der Waals surface area contributed by atoms with E-state index in [1.54, 1.807) is 6.07 Å². The van der Waals surface area contributed by atoms with Crippen LogP contribution >= 0.6 is 0 Å². The van der Waals surface area contributed by atoms with E-state index in [-0.39, 0.29) is 11.4 Å². The first kappa shape index (κ1) is 15.1. The highest BCUT2D eigenvalue weighted by atomic mass is 16.4. The van der Waals surface area contributed by atoms with Crippen molar-refractivity contribution in [2.24, 2.45) is 0 Å². The number of rotatable bonds is 4. The van der Waals surface area contributed by atoms with E-state index in [1.807, 2.05) is 13.0 Å². The maximum Gasteiger partial charge on any atom is 0.336 e. The smallest absolute Gasteiger partial charge is 0.336 e. The number of hydrogen-bond donors (Lipinski definition) is 2. The number of likely N-dealkylation sites (tertiary alicyclic amines) is 1. The van der Waals surface area contributed by atoms with Gasteiger partial charge in [-0.2, -0.15) is 0 Å². The number of fused-ring (bicyclic) bond motifs is 1. The number of phenols is 1. The molecule has 0 spiro atoms. The van der Waals surface area contributed by atoms with Gasteiger partial charge in [0.05, 0.1) is 13.1 Å². The monoisotopic (exact) mass is 302 g/mol. The lowest BCUT2D eigenvalue weighted by Crippen LogP contribution is -3.08. The van der Waals surface area contributed by atoms with Crippen LogP contribution in [0.2, 0.25) is 0 Å². The van der Waals surface area contributed by atoms with Crippen LogP contribution in [0.25, 0.3) is 11.0 Å². The van der Waals surface area contributed by atoms with Crippen molar-refractivity contribution in [3.63, 3.8) is 0 Å². The van der Waals surface area contributed by atoms with E-state index in [0.29, 0.717) is 11.1 Å². The zero-order chi connectivity index (χ0) is 15.7. The summed E-state index contributed by atoms with van der Waals surface area (Å²) in [5.74, 6) is 0.281. The molecule has 4 heteroatoms. The van der Waals surface area contributed by atoms with E-state index < -0.39 is 0 Å². The summed E-state index contributed by atoms with van der Waals surface area (Å²) in [6, 6.07) is 3.62. The van der Waals surface area contributed by atoms with Gasteiger partial charge in [-0.25, -0.2) is 4.79 Å². The van der Waals surface area contributed by atoms with E-state index in [2.05, 4.69) is 6.92 Å². The molecule has 1 aliphatic rings. The van der Waals surface area contributed by atoms with Crippen LogP contribution in [0, 0.1) is 6.92 Å². The lowest BCUT2D eigenvalue weighted by atomic mass is 9.99. The number of aryl methyl sites for hydroxylation is 2. The van der Waals surface area contributed by atoms with Gasteiger partial charge in [0, 0.05) is 35.4 Å². The molecule has 3 rings (SSSR count). The Hall–Kier alpha value is -1.81.